The normalized spacial score (nSPS) is 7.70. The summed E-state index contributed by atoms with van der Waals surface area (Å²) in [5.41, 5.74) is 0. The maximum atomic E-state index is 4.42. The molecule has 3 heteroatoms. The van der Waals surface area contributed by atoms with Crippen LogP contribution in [-0.4, -0.2) is 7.57 Å². The van der Waals surface area contributed by atoms with Crippen LogP contribution in [0.1, 0.15) is 33.1 Å². The van der Waals surface area contributed by atoms with E-state index in [9.17, 15) is 0 Å². The summed E-state index contributed by atoms with van der Waals surface area (Å²) >= 11 is 0. The van der Waals surface area contributed by atoms with Gasteiger partial charge >= 0.3 is 0 Å². The quantitative estimate of drug-likeness (QED) is 0.398. The van der Waals surface area contributed by atoms with Gasteiger partial charge in [0.2, 0.25) is 0 Å². The minimum absolute atomic E-state index is 0. The predicted molar refractivity (Wildman–Crippen MR) is 49.5 cm³/mol. The van der Waals surface area contributed by atoms with Gasteiger partial charge in [-0.3, -0.25) is 0 Å². The number of rotatable bonds is 3. The van der Waals surface area contributed by atoms with Gasteiger partial charge < -0.3 is 6.92 Å². The smallest absolute Gasteiger partial charge is 0.0996 e. The summed E-state index contributed by atoms with van der Waals surface area (Å²) in [6, 6.07) is 0. The summed E-state index contributed by atoms with van der Waals surface area (Å²) in [6.07, 6.45) is 3.69. The first-order chi connectivity index (χ1) is 4.35. The first-order valence-electron chi connectivity index (χ1n) is 3.47. The molecule has 0 aliphatic heterocycles. The van der Waals surface area contributed by atoms with E-state index < -0.39 is 0 Å². The predicted octanol–water partition coefficient (Wildman–Crippen LogP) is 2.59. The van der Waals surface area contributed by atoms with Gasteiger partial charge in [-0.05, 0) is 0 Å². The Morgan fingerprint density at radius 2 is 1.60 bits per heavy atom. The van der Waals surface area contributed by atoms with Crippen molar-refractivity contribution in [3.05, 3.63) is 6.92 Å². The summed E-state index contributed by atoms with van der Waals surface area (Å²) in [7, 11) is 6.33. The Balaban J connectivity index is -0.000000149. The van der Waals surface area contributed by atoms with Crippen molar-refractivity contribution in [1.29, 1.82) is 0 Å². The van der Waals surface area contributed by atoms with E-state index in [0.717, 1.165) is 12.3 Å². The molecule has 0 rings (SSSR count). The Kier molecular flexibility index (Phi) is 29.8. The third-order valence-corrected chi connectivity index (χ3v) is 1.56. The SMILES string of the molecule is [B]P.[CH2-]CC(CC)CC.[Y]. The average Bonchev–Trinajstić information content (AvgIpc) is 1.96. The standard InChI is InChI=1S/C7H15.BH2P.Y/c1-4-7(5-2)6-3;1-2;/h7H,1,4-6H2,2-3H3;2H2;/q-1;;. The molecule has 0 aromatic carbocycles. The zero-order valence-electron chi connectivity index (χ0n) is 7.14. The van der Waals surface area contributed by atoms with Crippen molar-refractivity contribution in [3.63, 3.8) is 0 Å². The second-order valence-corrected chi connectivity index (χ2v) is 1.97. The molecule has 0 nitrogen and oxygen atoms in total. The van der Waals surface area contributed by atoms with Gasteiger partial charge in [-0.15, -0.1) is 0 Å². The van der Waals surface area contributed by atoms with Gasteiger partial charge in [0.15, 0.2) is 0 Å². The Hall–Kier alpha value is 1.60. The van der Waals surface area contributed by atoms with Crippen LogP contribution in [0.15, 0.2) is 0 Å². The molecule has 57 valence electrons. The third-order valence-electron chi connectivity index (χ3n) is 1.56. The van der Waals surface area contributed by atoms with E-state index in [1.807, 2.05) is 9.12 Å². The number of hydrogen-bond donors (Lipinski definition) is 0. The van der Waals surface area contributed by atoms with Crippen molar-refractivity contribution < 1.29 is 32.7 Å². The maximum absolute atomic E-state index is 4.42. The Morgan fingerprint density at radius 1 is 1.30 bits per heavy atom. The summed E-state index contributed by atoms with van der Waals surface area (Å²) in [6.45, 7) is 8.27. The fourth-order valence-corrected chi connectivity index (χ4v) is 0.697. The van der Waals surface area contributed by atoms with Crippen molar-refractivity contribution in [2.24, 2.45) is 5.92 Å². The fraction of sp³-hybridized carbons (Fsp3) is 0.857. The van der Waals surface area contributed by atoms with Crippen molar-refractivity contribution in [2.45, 2.75) is 33.1 Å². The summed E-state index contributed by atoms with van der Waals surface area (Å²) in [5.74, 6) is 0.875. The van der Waals surface area contributed by atoms with E-state index >= 15 is 0 Å². The van der Waals surface area contributed by atoms with Gasteiger partial charge in [0.05, 0.1) is 7.57 Å². The zero-order chi connectivity index (χ0) is 7.70. The van der Waals surface area contributed by atoms with E-state index in [1.165, 1.54) is 12.8 Å². The van der Waals surface area contributed by atoms with Crippen LogP contribution in [-0.2, 0) is 32.7 Å². The largest absolute Gasteiger partial charge is 0.343 e. The Morgan fingerprint density at radius 3 is 1.60 bits per heavy atom. The van der Waals surface area contributed by atoms with E-state index in [2.05, 4.69) is 28.3 Å². The molecule has 0 saturated carbocycles. The van der Waals surface area contributed by atoms with E-state index in [4.69, 9.17) is 0 Å². The molecule has 0 aliphatic carbocycles. The van der Waals surface area contributed by atoms with Gasteiger partial charge in [0.25, 0.3) is 0 Å². The van der Waals surface area contributed by atoms with Crippen LogP contribution in [0.5, 0.6) is 0 Å². The second kappa shape index (κ2) is 16.9. The molecule has 1 atom stereocenters. The van der Waals surface area contributed by atoms with Crippen LogP contribution in [0.2, 0.25) is 0 Å². The molecule has 0 fully saturated rings. The average molecular weight is 232 g/mol. The summed E-state index contributed by atoms with van der Waals surface area (Å²) in [4.78, 5) is 0. The van der Waals surface area contributed by atoms with E-state index in [1.54, 1.807) is 0 Å². The number of hydrogen-bond acceptors (Lipinski definition) is 0. The van der Waals surface area contributed by atoms with Crippen molar-refractivity contribution >= 4 is 16.7 Å². The van der Waals surface area contributed by atoms with Crippen LogP contribution in [0.3, 0.4) is 0 Å². The molecule has 0 spiro atoms. The topological polar surface area (TPSA) is 0 Å². The summed E-state index contributed by atoms with van der Waals surface area (Å²) in [5, 5.41) is 0. The maximum Gasteiger partial charge on any atom is 0.0996 e. The Labute approximate surface area is 94.8 Å². The first kappa shape index (κ1) is 17.6. The van der Waals surface area contributed by atoms with Crippen LogP contribution in [0.4, 0.5) is 0 Å². The molecular weight excluding hydrogens is 215 g/mol. The molecule has 0 aromatic heterocycles. The van der Waals surface area contributed by atoms with Gasteiger partial charge in [0, 0.05) is 32.7 Å². The molecule has 0 bridgehead atoms. The summed E-state index contributed by atoms with van der Waals surface area (Å²) < 4.78 is 0. The third kappa shape index (κ3) is 12.3. The van der Waals surface area contributed by atoms with E-state index in [0.29, 0.717) is 0 Å². The molecule has 0 saturated heterocycles. The van der Waals surface area contributed by atoms with Gasteiger partial charge in [-0.1, -0.05) is 32.6 Å². The molecule has 0 N–H and O–H groups in total. The van der Waals surface area contributed by atoms with Crippen LogP contribution >= 0.6 is 9.12 Å². The molecule has 0 aromatic rings. The minimum Gasteiger partial charge on any atom is -0.343 e. The van der Waals surface area contributed by atoms with Crippen LogP contribution in [0.25, 0.3) is 0 Å². The van der Waals surface area contributed by atoms with Crippen molar-refractivity contribution in [1.82, 2.24) is 0 Å². The Bertz CT molecular complexity index is 35.1. The van der Waals surface area contributed by atoms with Gasteiger partial charge in [0.1, 0.15) is 0 Å². The fourth-order valence-electron chi connectivity index (χ4n) is 0.697. The molecule has 1 unspecified atom stereocenters. The monoisotopic (exact) mass is 232 g/mol. The molecule has 0 heterocycles. The van der Waals surface area contributed by atoms with Crippen molar-refractivity contribution in [3.8, 4) is 0 Å². The molecule has 0 aliphatic rings. The zero-order valence-corrected chi connectivity index (χ0v) is 11.1. The van der Waals surface area contributed by atoms with E-state index in [-0.39, 0.29) is 32.7 Å². The van der Waals surface area contributed by atoms with Crippen LogP contribution < -0.4 is 0 Å². The molecule has 0 amide bonds. The first-order valence-corrected chi connectivity index (χ1v) is 4.14. The van der Waals surface area contributed by atoms with Crippen LogP contribution in [0, 0.1) is 12.8 Å². The second-order valence-electron chi connectivity index (χ2n) is 1.97. The molecule has 10 heavy (non-hydrogen) atoms. The minimum atomic E-state index is 0. The molecular formula is C7H17BPY-. The van der Waals surface area contributed by atoms with Gasteiger partial charge in [-0.2, -0.15) is 15.5 Å². The molecule has 3 radical (unpaired) electrons. The van der Waals surface area contributed by atoms with Gasteiger partial charge in [-0.25, -0.2) is 0 Å². The van der Waals surface area contributed by atoms with Crippen molar-refractivity contribution in [2.75, 3.05) is 0 Å².